The lowest BCUT2D eigenvalue weighted by Gasteiger charge is -2.18. The number of nitrogens with two attached hydrogens (primary N) is 1. The van der Waals surface area contributed by atoms with Gasteiger partial charge in [0.2, 0.25) is 10.0 Å². The fourth-order valence-electron chi connectivity index (χ4n) is 1.90. The van der Waals surface area contributed by atoms with Crippen LogP contribution < -0.4 is 10.5 Å². The number of hydrogen-bond donors (Lipinski definition) is 2. The molecule has 0 aliphatic heterocycles. The summed E-state index contributed by atoms with van der Waals surface area (Å²) in [7, 11) is -3.50. The molecule has 1 aromatic rings. The molecule has 0 saturated heterocycles. The molecule has 4 nitrogen and oxygen atoms in total. The molecule has 1 aromatic carbocycles. The number of halogens is 1. The minimum atomic E-state index is -3.50. The molecular weight excluding hydrogens is 267 g/mol. The fraction of sp³-hybridized carbons (Fsp3) is 0.538. The van der Waals surface area contributed by atoms with Crippen LogP contribution >= 0.6 is 0 Å². The van der Waals surface area contributed by atoms with Gasteiger partial charge in [-0.15, -0.1) is 0 Å². The fourth-order valence-corrected chi connectivity index (χ4v) is 3.31. The van der Waals surface area contributed by atoms with Crippen LogP contribution in [0, 0.1) is 11.7 Å². The van der Waals surface area contributed by atoms with Crippen molar-refractivity contribution in [1.82, 2.24) is 4.72 Å². The molecule has 0 bridgehead atoms. The van der Waals surface area contributed by atoms with E-state index in [2.05, 4.69) is 4.72 Å². The van der Waals surface area contributed by atoms with E-state index in [9.17, 15) is 12.8 Å². The van der Waals surface area contributed by atoms with Crippen LogP contribution in [0.25, 0.3) is 0 Å². The van der Waals surface area contributed by atoms with Gasteiger partial charge in [0.05, 0.1) is 5.75 Å². The Balaban J connectivity index is 2.70. The minimum absolute atomic E-state index is 0.237. The molecular formula is C13H21FN2O2S. The predicted molar refractivity (Wildman–Crippen MR) is 74.5 cm³/mol. The lowest BCUT2D eigenvalue weighted by atomic mass is 10.1. The van der Waals surface area contributed by atoms with Gasteiger partial charge in [-0.3, -0.25) is 0 Å². The average molecular weight is 288 g/mol. The van der Waals surface area contributed by atoms with Crippen molar-refractivity contribution >= 4 is 10.0 Å². The SMILES string of the molecule is CC(C)CC(CN)NS(=O)(=O)Cc1cccc(F)c1. The molecule has 0 radical (unpaired) electrons. The Hall–Kier alpha value is -0.980. The Labute approximate surface area is 114 Å². The first-order chi connectivity index (χ1) is 8.82. The van der Waals surface area contributed by atoms with Gasteiger partial charge in [0, 0.05) is 12.6 Å². The Morgan fingerprint density at radius 2 is 2.05 bits per heavy atom. The Morgan fingerprint density at radius 3 is 2.58 bits per heavy atom. The van der Waals surface area contributed by atoms with Gasteiger partial charge in [-0.25, -0.2) is 17.5 Å². The highest BCUT2D eigenvalue weighted by Crippen LogP contribution is 2.10. The van der Waals surface area contributed by atoms with Crippen LogP contribution in [0.5, 0.6) is 0 Å². The second kappa shape index (κ2) is 6.98. The zero-order valence-corrected chi connectivity index (χ0v) is 12.1. The summed E-state index contributed by atoms with van der Waals surface area (Å²) < 4.78 is 39.5. The molecule has 0 heterocycles. The maximum atomic E-state index is 13.0. The standard InChI is InChI=1S/C13H21FN2O2S/c1-10(2)6-13(8-15)16-19(17,18)9-11-4-3-5-12(14)7-11/h3-5,7,10,13,16H,6,8-9,15H2,1-2H3. The van der Waals surface area contributed by atoms with Gasteiger partial charge in [-0.05, 0) is 30.0 Å². The van der Waals surface area contributed by atoms with Crippen molar-refractivity contribution in [2.45, 2.75) is 32.1 Å². The first-order valence-electron chi connectivity index (χ1n) is 6.27. The molecule has 0 spiro atoms. The van der Waals surface area contributed by atoms with Crippen molar-refractivity contribution in [2.24, 2.45) is 11.7 Å². The summed E-state index contributed by atoms with van der Waals surface area (Å²) >= 11 is 0. The number of hydrogen-bond acceptors (Lipinski definition) is 3. The summed E-state index contributed by atoms with van der Waals surface area (Å²) in [4.78, 5) is 0. The van der Waals surface area contributed by atoms with E-state index in [1.807, 2.05) is 13.8 Å². The zero-order valence-electron chi connectivity index (χ0n) is 11.3. The van der Waals surface area contributed by atoms with Gasteiger partial charge in [-0.2, -0.15) is 0 Å². The van der Waals surface area contributed by atoms with Crippen molar-refractivity contribution in [3.8, 4) is 0 Å². The van der Waals surface area contributed by atoms with E-state index in [1.54, 1.807) is 6.07 Å². The van der Waals surface area contributed by atoms with Crippen molar-refractivity contribution in [3.05, 3.63) is 35.6 Å². The highest BCUT2D eigenvalue weighted by molar-refractivity contribution is 7.88. The first kappa shape index (κ1) is 16.1. The lowest BCUT2D eigenvalue weighted by Crippen LogP contribution is -2.41. The van der Waals surface area contributed by atoms with Crippen LogP contribution in [-0.2, 0) is 15.8 Å². The molecule has 6 heteroatoms. The molecule has 19 heavy (non-hydrogen) atoms. The van der Waals surface area contributed by atoms with Gasteiger partial charge in [0.1, 0.15) is 5.82 Å². The number of benzene rings is 1. The molecule has 1 atom stereocenters. The molecule has 1 unspecified atom stereocenters. The van der Waals surface area contributed by atoms with Crippen LogP contribution in [0.2, 0.25) is 0 Å². The second-order valence-corrected chi connectivity index (χ2v) is 6.82. The second-order valence-electron chi connectivity index (χ2n) is 5.07. The van der Waals surface area contributed by atoms with E-state index in [4.69, 9.17) is 5.73 Å². The Morgan fingerprint density at radius 1 is 1.37 bits per heavy atom. The highest BCUT2D eigenvalue weighted by Gasteiger charge is 2.18. The van der Waals surface area contributed by atoms with Gasteiger partial charge in [0.25, 0.3) is 0 Å². The predicted octanol–water partition coefficient (Wildman–Crippen LogP) is 1.62. The summed E-state index contributed by atoms with van der Waals surface area (Å²) in [5, 5.41) is 0. The average Bonchev–Trinajstić information content (AvgIpc) is 2.26. The summed E-state index contributed by atoms with van der Waals surface area (Å²) in [6.45, 7) is 4.26. The molecule has 108 valence electrons. The van der Waals surface area contributed by atoms with Crippen LogP contribution in [0.3, 0.4) is 0 Å². The summed E-state index contributed by atoms with van der Waals surface area (Å²) in [5.41, 5.74) is 5.98. The number of rotatable bonds is 7. The number of sulfonamides is 1. The molecule has 1 rings (SSSR count). The summed E-state index contributed by atoms with van der Waals surface area (Å²) in [6.07, 6.45) is 0.679. The minimum Gasteiger partial charge on any atom is -0.329 e. The van der Waals surface area contributed by atoms with Crippen molar-refractivity contribution < 1.29 is 12.8 Å². The largest absolute Gasteiger partial charge is 0.329 e. The molecule has 3 N–H and O–H groups in total. The normalized spacial score (nSPS) is 13.7. The Bertz CT molecular complexity index is 503. The van der Waals surface area contributed by atoms with Crippen LogP contribution in [-0.4, -0.2) is 21.0 Å². The smallest absolute Gasteiger partial charge is 0.216 e. The van der Waals surface area contributed by atoms with E-state index >= 15 is 0 Å². The number of nitrogens with one attached hydrogen (secondary N) is 1. The molecule has 0 saturated carbocycles. The third kappa shape index (κ3) is 6.13. The van der Waals surface area contributed by atoms with E-state index < -0.39 is 15.8 Å². The molecule has 0 aliphatic rings. The quantitative estimate of drug-likeness (QED) is 0.801. The third-order valence-electron chi connectivity index (χ3n) is 2.63. The van der Waals surface area contributed by atoms with Crippen molar-refractivity contribution in [2.75, 3.05) is 6.54 Å². The van der Waals surface area contributed by atoms with E-state index in [0.29, 0.717) is 17.9 Å². The Kier molecular flexibility index (Phi) is 5.90. The van der Waals surface area contributed by atoms with E-state index in [-0.39, 0.29) is 18.3 Å². The van der Waals surface area contributed by atoms with Gasteiger partial charge >= 0.3 is 0 Å². The summed E-state index contributed by atoms with van der Waals surface area (Å²) in [5.74, 6) is -0.324. The van der Waals surface area contributed by atoms with Crippen LogP contribution in [0.4, 0.5) is 4.39 Å². The van der Waals surface area contributed by atoms with Gasteiger partial charge in [-0.1, -0.05) is 26.0 Å². The zero-order chi connectivity index (χ0) is 14.5. The third-order valence-corrected chi connectivity index (χ3v) is 4.04. The lowest BCUT2D eigenvalue weighted by molar-refractivity contribution is 0.465. The highest BCUT2D eigenvalue weighted by atomic mass is 32.2. The molecule has 0 aliphatic carbocycles. The first-order valence-corrected chi connectivity index (χ1v) is 7.92. The monoisotopic (exact) mass is 288 g/mol. The van der Waals surface area contributed by atoms with Gasteiger partial charge < -0.3 is 5.73 Å². The molecule has 0 fully saturated rings. The van der Waals surface area contributed by atoms with Crippen molar-refractivity contribution in [1.29, 1.82) is 0 Å². The van der Waals surface area contributed by atoms with E-state index in [1.165, 1.54) is 18.2 Å². The molecule has 0 aromatic heterocycles. The maximum absolute atomic E-state index is 13.0. The summed E-state index contributed by atoms with van der Waals surface area (Å²) in [6, 6.07) is 5.31. The topological polar surface area (TPSA) is 72.2 Å². The maximum Gasteiger partial charge on any atom is 0.216 e. The van der Waals surface area contributed by atoms with Crippen LogP contribution in [0.1, 0.15) is 25.8 Å². The van der Waals surface area contributed by atoms with Gasteiger partial charge in [0.15, 0.2) is 0 Å². The van der Waals surface area contributed by atoms with Crippen molar-refractivity contribution in [3.63, 3.8) is 0 Å². The van der Waals surface area contributed by atoms with E-state index in [0.717, 1.165) is 0 Å². The molecule has 0 amide bonds. The van der Waals surface area contributed by atoms with Crippen LogP contribution in [0.15, 0.2) is 24.3 Å².